The van der Waals surface area contributed by atoms with Gasteiger partial charge >= 0.3 is 0 Å². The van der Waals surface area contributed by atoms with Gasteiger partial charge in [-0.1, -0.05) is 18.2 Å². The summed E-state index contributed by atoms with van der Waals surface area (Å²) in [6.07, 6.45) is 1.08. The smallest absolute Gasteiger partial charge is 0.191 e. The molecule has 3 rings (SSSR count). The van der Waals surface area contributed by atoms with E-state index in [1.54, 1.807) is 26.3 Å². The molecule has 0 bridgehead atoms. The lowest BCUT2D eigenvalue weighted by atomic mass is 10.1. The third-order valence-electron chi connectivity index (χ3n) is 4.37. The summed E-state index contributed by atoms with van der Waals surface area (Å²) < 4.78 is 25.1. The Morgan fingerprint density at radius 3 is 2.65 bits per heavy atom. The first-order valence-electron chi connectivity index (χ1n) is 8.65. The van der Waals surface area contributed by atoms with Crippen molar-refractivity contribution in [2.24, 2.45) is 4.99 Å². The van der Waals surface area contributed by atoms with E-state index < -0.39 is 0 Å². The molecule has 0 saturated heterocycles. The number of benzene rings is 2. The minimum absolute atomic E-state index is 0.188. The standard InChI is InChI=1S/C20H24FN3O2/c1-13-8-15-9-18(25-3)16(10-19(15)26-13)12-24-20(22-2)23-11-14-6-4-5-7-17(14)21/h4-7,9-10,13H,8,11-12H2,1-3H3,(H2,22,23,24). The molecular weight excluding hydrogens is 333 g/mol. The highest BCUT2D eigenvalue weighted by Gasteiger charge is 2.21. The topological polar surface area (TPSA) is 54.9 Å². The van der Waals surface area contributed by atoms with Gasteiger partial charge in [0.1, 0.15) is 23.4 Å². The van der Waals surface area contributed by atoms with Gasteiger partial charge in [0.25, 0.3) is 0 Å². The molecular formula is C20H24FN3O2. The largest absolute Gasteiger partial charge is 0.496 e. The molecule has 138 valence electrons. The number of guanidine groups is 1. The van der Waals surface area contributed by atoms with Crippen LogP contribution in [0.1, 0.15) is 23.6 Å². The number of rotatable bonds is 5. The number of methoxy groups -OCH3 is 1. The van der Waals surface area contributed by atoms with E-state index in [2.05, 4.69) is 22.5 Å². The van der Waals surface area contributed by atoms with E-state index in [9.17, 15) is 4.39 Å². The van der Waals surface area contributed by atoms with E-state index in [1.165, 1.54) is 11.6 Å². The lowest BCUT2D eigenvalue weighted by molar-refractivity contribution is 0.254. The van der Waals surface area contributed by atoms with Crippen molar-refractivity contribution in [3.05, 3.63) is 58.9 Å². The summed E-state index contributed by atoms with van der Waals surface area (Å²) in [4.78, 5) is 4.19. The van der Waals surface area contributed by atoms with Crippen LogP contribution in [0.15, 0.2) is 41.4 Å². The maximum Gasteiger partial charge on any atom is 0.191 e. The average Bonchev–Trinajstić information content (AvgIpc) is 3.01. The summed E-state index contributed by atoms with van der Waals surface area (Å²) in [7, 11) is 3.34. The van der Waals surface area contributed by atoms with Gasteiger partial charge in [0.05, 0.1) is 7.11 Å². The predicted octanol–water partition coefficient (Wildman–Crippen LogP) is 3.02. The molecule has 0 saturated carbocycles. The second-order valence-electron chi connectivity index (χ2n) is 6.28. The summed E-state index contributed by atoms with van der Waals surface area (Å²) >= 11 is 0. The van der Waals surface area contributed by atoms with Gasteiger partial charge in [-0.3, -0.25) is 4.99 Å². The van der Waals surface area contributed by atoms with E-state index in [-0.39, 0.29) is 11.9 Å². The van der Waals surface area contributed by atoms with Gasteiger partial charge in [-0.05, 0) is 25.1 Å². The van der Waals surface area contributed by atoms with Crippen LogP contribution in [0.5, 0.6) is 11.5 Å². The highest BCUT2D eigenvalue weighted by atomic mass is 19.1. The molecule has 0 spiro atoms. The highest BCUT2D eigenvalue weighted by Crippen LogP contribution is 2.34. The van der Waals surface area contributed by atoms with Gasteiger partial charge < -0.3 is 20.1 Å². The van der Waals surface area contributed by atoms with Crippen LogP contribution in [0.25, 0.3) is 0 Å². The van der Waals surface area contributed by atoms with Crippen LogP contribution in [-0.4, -0.2) is 26.2 Å². The molecule has 5 nitrogen and oxygen atoms in total. The Morgan fingerprint density at radius 2 is 1.96 bits per heavy atom. The van der Waals surface area contributed by atoms with Crippen molar-refractivity contribution >= 4 is 5.96 Å². The Morgan fingerprint density at radius 1 is 1.23 bits per heavy atom. The molecule has 0 fully saturated rings. The molecule has 1 atom stereocenters. The lowest BCUT2D eigenvalue weighted by Gasteiger charge is -2.15. The molecule has 0 aliphatic carbocycles. The van der Waals surface area contributed by atoms with Crippen molar-refractivity contribution in [1.29, 1.82) is 0 Å². The Balaban J connectivity index is 1.64. The van der Waals surface area contributed by atoms with Crippen LogP contribution in [0, 0.1) is 5.82 Å². The van der Waals surface area contributed by atoms with Gasteiger partial charge in [0.2, 0.25) is 0 Å². The molecule has 1 heterocycles. The molecule has 0 radical (unpaired) electrons. The van der Waals surface area contributed by atoms with Crippen LogP contribution >= 0.6 is 0 Å². The zero-order chi connectivity index (χ0) is 18.5. The SMILES string of the molecule is CN=C(NCc1ccccc1F)NCc1cc2c(cc1OC)CC(C)O2. The van der Waals surface area contributed by atoms with Gasteiger partial charge in [-0.2, -0.15) is 0 Å². The first-order chi connectivity index (χ1) is 12.6. The lowest BCUT2D eigenvalue weighted by Crippen LogP contribution is -2.36. The number of halogens is 1. The van der Waals surface area contributed by atoms with Crippen LogP contribution in [0.2, 0.25) is 0 Å². The third kappa shape index (κ3) is 4.07. The third-order valence-corrected chi connectivity index (χ3v) is 4.37. The van der Waals surface area contributed by atoms with E-state index in [4.69, 9.17) is 9.47 Å². The predicted molar refractivity (Wildman–Crippen MR) is 100 cm³/mol. The van der Waals surface area contributed by atoms with Crippen molar-refractivity contribution in [3.63, 3.8) is 0 Å². The van der Waals surface area contributed by atoms with Crippen LogP contribution < -0.4 is 20.1 Å². The number of nitrogens with zero attached hydrogens (tertiary/aromatic N) is 1. The van der Waals surface area contributed by atoms with Gasteiger partial charge in [0, 0.05) is 43.2 Å². The quantitative estimate of drug-likeness (QED) is 0.638. The number of aliphatic imine (C=N–C) groups is 1. The van der Waals surface area contributed by atoms with Crippen LogP contribution in [0.4, 0.5) is 4.39 Å². The molecule has 2 aromatic carbocycles. The molecule has 2 aromatic rings. The maximum atomic E-state index is 13.7. The zero-order valence-electron chi connectivity index (χ0n) is 15.3. The van der Waals surface area contributed by atoms with Gasteiger partial charge in [-0.25, -0.2) is 4.39 Å². The molecule has 26 heavy (non-hydrogen) atoms. The monoisotopic (exact) mass is 357 g/mol. The molecule has 0 amide bonds. The fourth-order valence-corrected chi connectivity index (χ4v) is 3.03. The number of ether oxygens (including phenoxy) is 2. The minimum atomic E-state index is -0.234. The van der Waals surface area contributed by atoms with Crippen molar-refractivity contribution < 1.29 is 13.9 Å². The molecule has 0 aromatic heterocycles. The summed E-state index contributed by atoms with van der Waals surface area (Å²) in [6.45, 7) is 2.93. The average molecular weight is 357 g/mol. The summed E-state index contributed by atoms with van der Waals surface area (Å²) in [5.74, 6) is 2.08. The van der Waals surface area contributed by atoms with Crippen molar-refractivity contribution in [1.82, 2.24) is 10.6 Å². The van der Waals surface area contributed by atoms with Crippen molar-refractivity contribution in [3.8, 4) is 11.5 Å². The first kappa shape index (κ1) is 18.0. The van der Waals surface area contributed by atoms with E-state index in [0.717, 1.165) is 23.5 Å². The van der Waals surface area contributed by atoms with E-state index in [0.29, 0.717) is 24.6 Å². The second-order valence-corrected chi connectivity index (χ2v) is 6.28. The van der Waals surface area contributed by atoms with Crippen molar-refractivity contribution in [2.45, 2.75) is 32.5 Å². The Hall–Kier alpha value is -2.76. The first-order valence-corrected chi connectivity index (χ1v) is 8.65. The second kappa shape index (κ2) is 8.08. The molecule has 1 aliphatic heterocycles. The summed E-state index contributed by atoms with van der Waals surface area (Å²) in [5.41, 5.74) is 2.74. The minimum Gasteiger partial charge on any atom is -0.496 e. The number of fused-ring (bicyclic) bond motifs is 1. The zero-order valence-corrected chi connectivity index (χ0v) is 15.3. The Labute approximate surface area is 153 Å². The Kier molecular flexibility index (Phi) is 5.61. The number of hydrogen-bond donors (Lipinski definition) is 2. The highest BCUT2D eigenvalue weighted by molar-refractivity contribution is 5.79. The maximum absolute atomic E-state index is 13.7. The molecule has 1 unspecified atom stereocenters. The fourth-order valence-electron chi connectivity index (χ4n) is 3.03. The van der Waals surface area contributed by atoms with Crippen LogP contribution in [0.3, 0.4) is 0 Å². The number of nitrogens with one attached hydrogen (secondary N) is 2. The van der Waals surface area contributed by atoms with Crippen molar-refractivity contribution in [2.75, 3.05) is 14.2 Å². The van der Waals surface area contributed by atoms with Gasteiger partial charge in [-0.15, -0.1) is 0 Å². The molecule has 2 N–H and O–H groups in total. The Bertz CT molecular complexity index is 808. The van der Waals surface area contributed by atoms with E-state index >= 15 is 0 Å². The molecule has 1 aliphatic rings. The van der Waals surface area contributed by atoms with Gasteiger partial charge in [0.15, 0.2) is 5.96 Å². The number of hydrogen-bond acceptors (Lipinski definition) is 3. The normalized spacial score (nSPS) is 16.0. The van der Waals surface area contributed by atoms with E-state index in [1.807, 2.05) is 18.2 Å². The summed E-state index contributed by atoms with van der Waals surface area (Å²) in [5, 5.41) is 6.35. The van der Waals surface area contributed by atoms with Crippen LogP contribution in [-0.2, 0) is 19.5 Å². The fraction of sp³-hybridized carbons (Fsp3) is 0.350. The molecule has 6 heteroatoms. The summed E-state index contributed by atoms with van der Waals surface area (Å²) in [6, 6.07) is 10.7.